The Morgan fingerprint density at radius 3 is 2.55 bits per heavy atom. The Hall–Kier alpha value is -1.58. The fraction of sp³-hybridized carbons (Fsp3) is 0.312. The maximum Gasteiger partial charge on any atom is 0.0547 e. The van der Waals surface area contributed by atoms with E-state index in [-0.39, 0.29) is 0 Å². The Bertz CT molecular complexity index is 563. The maximum atomic E-state index is 6.24. The summed E-state index contributed by atoms with van der Waals surface area (Å²) in [5.74, 6) is 0. The number of hydrogen-bond donors (Lipinski definition) is 1. The Morgan fingerprint density at radius 2 is 1.90 bits per heavy atom. The molecule has 0 saturated carbocycles. The summed E-state index contributed by atoms with van der Waals surface area (Å²) in [6, 6.07) is 11.7. The monoisotopic (exact) mass is 289 g/mol. The molecule has 0 atom stereocenters. The number of rotatable bonds is 5. The molecule has 0 saturated heterocycles. The summed E-state index contributed by atoms with van der Waals surface area (Å²) < 4.78 is 0. The predicted octanol–water partition coefficient (Wildman–Crippen LogP) is 3.65. The van der Waals surface area contributed by atoms with Gasteiger partial charge in [-0.3, -0.25) is 9.88 Å². The first-order valence-electron chi connectivity index (χ1n) is 6.78. The van der Waals surface area contributed by atoms with E-state index in [2.05, 4.69) is 16.8 Å². The highest BCUT2D eigenvalue weighted by Crippen LogP contribution is 2.24. The van der Waals surface area contributed by atoms with E-state index in [9.17, 15) is 0 Å². The van der Waals surface area contributed by atoms with Crippen LogP contribution in [-0.2, 0) is 13.1 Å². The van der Waals surface area contributed by atoms with E-state index >= 15 is 0 Å². The highest BCUT2D eigenvalue weighted by Gasteiger charge is 2.11. The lowest BCUT2D eigenvalue weighted by atomic mass is 10.1. The Kier molecular flexibility index (Phi) is 4.99. The van der Waals surface area contributed by atoms with Crippen LogP contribution < -0.4 is 5.73 Å². The smallest absolute Gasteiger partial charge is 0.0547 e. The van der Waals surface area contributed by atoms with Crippen LogP contribution in [-0.4, -0.2) is 16.4 Å². The van der Waals surface area contributed by atoms with Gasteiger partial charge >= 0.3 is 0 Å². The zero-order valence-electron chi connectivity index (χ0n) is 11.9. The fourth-order valence-electron chi connectivity index (χ4n) is 2.16. The van der Waals surface area contributed by atoms with Gasteiger partial charge in [0, 0.05) is 35.1 Å². The first-order valence-corrected chi connectivity index (χ1v) is 7.15. The first kappa shape index (κ1) is 14.8. The van der Waals surface area contributed by atoms with Gasteiger partial charge in [-0.15, -0.1) is 0 Å². The SMILES string of the molecule is CCN(Cc1cccc(C)n1)Cc1c(N)cccc1Cl. The number of nitrogens with zero attached hydrogens (tertiary/aromatic N) is 2. The van der Waals surface area contributed by atoms with Gasteiger partial charge in [0.2, 0.25) is 0 Å². The van der Waals surface area contributed by atoms with Crippen molar-refractivity contribution in [2.45, 2.75) is 26.9 Å². The van der Waals surface area contributed by atoms with Crippen molar-refractivity contribution in [1.29, 1.82) is 0 Å². The Morgan fingerprint density at radius 1 is 1.15 bits per heavy atom. The molecule has 1 aromatic carbocycles. The van der Waals surface area contributed by atoms with Gasteiger partial charge in [-0.1, -0.05) is 30.7 Å². The van der Waals surface area contributed by atoms with E-state index in [1.165, 1.54) is 0 Å². The largest absolute Gasteiger partial charge is 0.398 e. The number of halogens is 1. The second-order valence-electron chi connectivity index (χ2n) is 4.88. The van der Waals surface area contributed by atoms with Crippen LogP contribution in [0.5, 0.6) is 0 Å². The number of anilines is 1. The lowest BCUT2D eigenvalue weighted by molar-refractivity contribution is 0.268. The van der Waals surface area contributed by atoms with Gasteiger partial charge in [-0.2, -0.15) is 0 Å². The van der Waals surface area contributed by atoms with Crippen molar-refractivity contribution in [2.75, 3.05) is 12.3 Å². The van der Waals surface area contributed by atoms with Gasteiger partial charge < -0.3 is 5.73 Å². The van der Waals surface area contributed by atoms with Gasteiger partial charge in [0.05, 0.1) is 5.69 Å². The molecule has 0 spiro atoms. The van der Waals surface area contributed by atoms with Crippen molar-refractivity contribution in [1.82, 2.24) is 9.88 Å². The number of aromatic nitrogens is 1. The van der Waals surface area contributed by atoms with Crippen molar-refractivity contribution < 1.29 is 0 Å². The highest BCUT2D eigenvalue weighted by molar-refractivity contribution is 6.31. The molecule has 3 nitrogen and oxygen atoms in total. The van der Waals surface area contributed by atoms with E-state index in [4.69, 9.17) is 17.3 Å². The van der Waals surface area contributed by atoms with Gasteiger partial charge in [-0.25, -0.2) is 0 Å². The van der Waals surface area contributed by atoms with Crippen molar-refractivity contribution >= 4 is 17.3 Å². The third kappa shape index (κ3) is 3.71. The molecule has 2 N–H and O–H groups in total. The molecule has 4 heteroatoms. The number of benzene rings is 1. The van der Waals surface area contributed by atoms with Crippen LogP contribution in [0.15, 0.2) is 36.4 Å². The van der Waals surface area contributed by atoms with E-state index in [0.717, 1.165) is 47.3 Å². The second-order valence-corrected chi connectivity index (χ2v) is 5.29. The molecule has 20 heavy (non-hydrogen) atoms. The number of nitrogens with two attached hydrogens (primary N) is 1. The van der Waals surface area contributed by atoms with E-state index in [1.54, 1.807) is 0 Å². The van der Waals surface area contributed by atoms with Crippen LogP contribution in [0.2, 0.25) is 5.02 Å². The maximum absolute atomic E-state index is 6.24. The molecular formula is C16H20ClN3. The molecule has 0 aliphatic carbocycles. The summed E-state index contributed by atoms with van der Waals surface area (Å²) in [6.45, 7) is 6.58. The van der Waals surface area contributed by atoms with E-state index in [0.29, 0.717) is 0 Å². The zero-order valence-corrected chi connectivity index (χ0v) is 12.7. The lowest BCUT2D eigenvalue weighted by Gasteiger charge is -2.21. The molecule has 2 aromatic rings. The van der Waals surface area contributed by atoms with Crippen molar-refractivity contribution in [3.05, 3.63) is 58.4 Å². The third-order valence-corrected chi connectivity index (χ3v) is 3.67. The fourth-order valence-corrected chi connectivity index (χ4v) is 2.40. The van der Waals surface area contributed by atoms with Gasteiger partial charge in [0.15, 0.2) is 0 Å². The minimum atomic E-state index is 0.723. The van der Waals surface area contributed by atoms with Gasteiger partial charge in [-0.05, 0) is 37.7 Å². The summed E-state index contributed by atoms with van der Waals surface area (Å²) in [6.07, 6.45) is 0. The van der Waals surface area contributed by atoms with Crippen LogP contribution in [0.3, 0.4) is 0 Å². The molecule has 0 aliphatic heterocycles. The minimum absolute atomic E-state index is 0.723. The number of pyridine rings is 1. The molecule has 0 aliphatic rings. The first-order chi connectivity index (χ1) is 9.60. The lowest BCUT2D eigenvalue weighted by Crippen LogP contribution is -2.23. The van der Waals surface area contributed by atoms with Crippen LogP contribution in [0.4, 0.5) is 5.69 Å². The summed E-state index contributed by atoms with van der Waals surface area (Å²) in [7, 11) is 0. The molecule has 0 amide bonds. The minimum Gasteiger partial charge on any atom is -0.398 e. The Balaban J connectivity index is 2.13. The topological polar surface area (TPSA) is 42.2 Å². The summed E-state index contributed by atoms with van der Waals surface area (Å²) in [5.41, 5.74) is 9.85. The normalized spacial score (nSPS) is 11.0. The number of hydrogen-bond acceptors (Lipinski definition) is 3. The van der Waals surface area contributed by atoms with Crippen molar-refractivity contribution in [3.63, 3.8) is 0 Å². The summed E-state index contributed by atoms with van der Waals surface area (Å²) >= 11 is 6.24. The standard InChI is InChI=1S/C16H20ClN3/c1-3-20(10-13-7-4-6-12(2)19-13)11-14-15(17)8-5-9-16(14)18/h4-9H,3,10-11,18H2,1-2H3. The third-order valence-electron chi connectivity index (χ3n) is 3.32. The summed E-state index contributed by atoms with van der Waals surface area (Å²) in [4.78, 5) is 6.82. The molecule has 1 heterocycles. The molecule has 0 bridgehead atoms. The quantitative estimate of drug-likeness (QED) is 0.855. The van der Waals surface area contributed by atoms with Crippen LogP contribution in [0.25, 0.3) is 0 Å². The van der Waals surface area contributed by atoms with Crippen molar-refractivity contribution in [2.24, 2.45) is 0 Å². The van der Waals surface area contributed by atoms with Crippen LogP contribution >= 0.6 is 11.6 Å². The average Bonchev–Trinajstić information content (AvgIpc) is 2.42. The molecular weight excluding hydrogens is 270 g/mol. The van der Waals surface area contributed by atoms with Crippen LogP contribution in [0, 0.1) is 6.92 Å². The molecule has 0 radical (unpaired) electrons. The molecule has 0 unspecified atom stereocenters. The van der Waals surface area contributed by atoms with Crippen molar-refractivity contribution in [3.8, 4) is 0 Å². The predicted molar refractivity (Wildman–Crippen MR) is 84.6 cm³/mol. The number of nitrogen functional groups attached to an aromatic ring is 1. The molecule has 106 valence electrons. The van der Waals surface area contributed by atoms with E-state index in [1.807, 2.05) is 43.3 Å². The molecule has 0 fully saturated rings. The van der Waals surface area contributed by atoms with E-state index < -0.39 is 0 Å². The molecule has 2 rings (SSSR count). The van der Waals surface area contributed by atoms with Gasteiger partial charge in [0.25, 0.3) is 0 Å². The highest BCUT2D eigenvalue weighted by atomic mass is 35.5. The zero-order chi connectivity index (χ0) is 14.5. The summed E-state index contributed by atoms with van der Waals surface area (Å²) in [5, 5.41) is 0.723. The number of aryl methyl sites for hydroxylation is 1. The molecule has 1 aromatic heterocycles. The Labute approximate surface area is 125 Å². The second kappa shape index (κ2) is 6.73. The van der Waals surface area contributed by atoms with Gasteiger partial charge in [0.1, 0.15) is 0 Å². The average molecular weight is 290 g/mol. The van der Waals surface area contributed by atoms with Crippen LogP contribution in [0.1, 0.15) is 23.9 Å².